The van der Waals surface area contributed by atoms with Crippen molar-refractivity contribution in [2.45, 2.75) is 6.54 Å². The molecule has 1 aromatic carbocycles. The van der Waals surface area contributed by atoms with Crippen LogP contribution in [0, 0.1) is 3.57 Å². The van der Waals surface area contributed by atoms with Gasteiger partial charge in [-0.1, -0.05) is 0 Å². The van der Waals surface area contributed by atoms with E-state index in [1.54, 1.807) is 0 Å². The van der Waals surface area contributed by atoms with Crippen LogP contribution in [0.15, 0.2) is 48.8 Å². The minimum absolute atomic E-state index is 0.836. The van der Waals surface area contributed by atoms with Gasteiger partial charge in [0.05, 0.1) is 0 Å². The topological polar surface area (TPSA) is 24.9 Å². The lowest BCUT2D eigenvalue weighted by molar-refractivity contribution is 1.13. The molecule has 76 valence electrons. The zero-order valence-corrected chi connectivity index (χ0v) is 10.3. The molecule has 0 saturated carbocycles. The van der Waals surface area contributed by atoms with Gasteiger partial charge in [-0.05, 0) is 64.6 Å². The van der Waals surface area contributed by atoms with Crippen molar-refractivity contribution in [1.82, 2.24) is 4.98 Å². The summed E-state index contributed by atoms with van der Waals surface area (Å²) < 4.78 is 1.25. The lowest BCUT2D eigenvalue weighted by Crippen LogP contribution is -1.98. The van der Waals surface area contributed by atoms with Gasteiger partial charge >= 0.3 is 0 Å². The molecule has 0 radical (unpaired) electrons. The first-order chi connectivity index (χ1) is 7.34. The molecule has 15 heavy (non-hydrogen) atoms. The lowest BCUT2D eigenvalue weighted by Gasteiger charge is -2.05. The Balaban J connectivity index is 1.96. The Hall–Kier alpha value is -1.10. The summed E-state index contributed by atoms with van der Waals surface area (Å²) in [5, 5.41) is 3.36. The van der Waals surface area contributed by atoms with E-state index < -0.39 is 0 Å². The number of halogens is 1. The zero-order valence-electron chi connectivity index (χ0n) is 8.15. The van der Waals surface area contributed by atoms with Crippen molar-refractivity contribution >= 4 is 28.3 Å². The Kier molecular flexibility index (Phi) is 3.55. The average Bonchev–Trinajstić information content (AvgIpc) is 2.30. The summed E-state index contributed by atoms with van der Waals surface area (Å²) in [6.07, 6.45) is 3.62. The molecule has 0 spiro atoms. The molecule has 1 aromatic heterocycles. The van der Waals surface area contributed by atoms with Crippen molar-refractivity contribution in [3.8, 4) is 0 Å². The Morgan fingerprint density at radius 3 is 2.33 bits per heavy atom. The van der Waals surface area contributed by atoms with Crippen molar-refractivity contribution < 1.29 is 0 Å². The summed E-state index contributed by atoms with van der Waals surface area (Å²) in [4.78, 5) is 3.98. The van der Waals surface area contributed by atoms with Gasteiger partial charge in [0.25, 0.3) is 0 Å². The van der Waals surface area contributed by atoms with Crippen LogP contribution in [0.1, 0.15) is 5.56 Å². The summed E-state index contributed by atoms with van der Waals surface area (Å²) in [6, 6.07) is 12.4. The fourth-order valence-electron chi connectivity index (χ4n) is 1.27. The predicted octanol–water partition coefficient (Wildman–Crippen LogP) is 3.30. The van der Waals surface area contributed by atoms with Gasteiger partial charge in [0.2, 0.25) is 0 Å². The fraction of sp³-hybridized carbons (Fsp3) is 0.0833. The van der Waals surface area contributed by atoms with E-state index >= 15 is 0 Å². The van der Waals surface area contributed by atoms with E-state index in [0.717, 1.165) is 12.2 Å². The molecular formula is C12H11IN2. The molecular weight excluding hydrogens is 299 g/mol. The number of pyridine rings is 1. The third kappa shape index (κ3) is 3.20. The largest absolute Gasteiger partial charge is 0.381 e. The van der Waals surface area contributed by atoms with Gasteiger partial charge in [0.15, 0.2) is 0 Å². The number of benzene rings is 1. The smallest absolute Gasteiger partial charge is 0.0401 e. The van der Waals surface area contributed by atoms with Crippen molar-refractivity contribution in [2.24, 2.45) is 0 Å². The first-order valence-electron chi connectivity index (χ1n) is 4.73. The molecule has 1 N–H and O–H groups in total. The van der Waals surface area contributed by atoms with Gasteiger partial charge in [0, 0.05) is 28.2 Å². The summed E-state index contributed by atoms with van der Waals surface area (Å²) in [5.41, 5.74) is 2.38. The molecule has 2 nitrogen and oxygen atoms in total. The Labute approximate surface area is 103 Å². The van der Waals surface area contributed by atoms with Crippen molar-refractivity contribution in [1.29, 1.82) is 0 Å². The minimum Gasteiger partial charge on any atom is -0.381 e. The van der Waals surface area contributed by atoms with E-state index in [4.69, 9.17) is 0 Å². The summed E-state index contributed by atoms with van der Waals surface area (Å²) in [6.45, 7) is 0.836. The maximum absolute atomic E-state index is 3.98. The SMILES string of the molecule is Ic1ccc(NCc2ccncc2)cc1. The van der Waals surface area contributed by atoms with Gasteiger partial charge in [-0.2, -0.15) is 0 Å². The second kappa shape index (κ2) is 5.11. The quantitative estimate of drug-likeness (QED) is 0.880. The van der Waals surface area contributed by atoms with E-state index in [-0.39, 0.29) is 0 Å². The third-order valence-corrected chi connectivity index (χ3v) is 2.81. The van der Waals surface area contributed by atoms with E-state index in [1.165, 1.54) is 9.13 Å². The van der Waals surface area contributed by atoms with Crippen LogP contribution in [0.25, 0.3) is 0 Å². The fourth-order valence-corrected chi connectivity index (χ4v) is 1.63. The van der Waals surface area contributed by atoms with Gasteiger partial charge in [0.1, 0.15) is 0 Å². The van der Waals surface area contributed by atoms with Crippen LogP contribution in [-0.2, 0) is 6.54 Å². The van der Waals surface area contributed by atoms with Crippen molar-refractivity contribution in [3.05, 3.63) is 57.9 Å². The van der Waals surface area contributed by atoms with E-state index in [9.17, 15) is 0 Å². The highest BCUT2D eigenvalue weighted by Gasteiger charge is 1.93. The highest BCUT2D eigenvalue weighted by molar-refractivity contribution is 14.1. The molecule has 0 saturated heterocycles. The normalized spacial score (nSPS) is 9.93. The van der Waals surface area contributed by atoms with Gasteiger partial charge in [-0.3, -0.25) is 4.98 Å². The van der Waals surface area contributed by atoms with E-state index in [2.05, 4.69) is 57.2 Å². The van der Waals surface area contributed by atoms with Crippen LogP contribution in [0.3, 0.4) is 0 Å². The van der Waals surface area contributed by atoms with Gasteiger partial charge in [-0.15, -0.1) is 0 Å². The maximum Gasteiger partial charge on any atom is 0.0401 e. The van der Waals surface area contributed by atoms with E-state index in [0.29, 0.717) is 0 Å². The Morgan fingerprint density at radius 2 is 1.67 bits per heavy atom. The van der Waals surface area contributed by atoms with Gasteiger partial charge < -0.3 is 5.32 Å². The van der Waals surface area contributed by atoms with Crippen LogP contribution >= 0.6 is 22.6 Å². The van der Waals surface area contributed by atoms with Crippen LogP contribution in [0.2, 0.25) is 0 Å². The predicted molar refractivity (Wildman–Crippen MR) is 70.7 cm³/mol. The first-order valence-corrected chi connectivity index (χ1v) is 5.81. The average molecular weight is 310 g/mol. The Bertz CT molecular complexity index is 411. The molecule has 0 aliphatic heterocycles. The lowest BCUT2D eigenvalue weighted by atomic mass is 10.2. The molecule has 2 aromatic rings. The molecule has 0 amide bonds. The number of rotatable bonds is 3. The summed E-state index contributed by atoms with van der Waals surface area (Å²) in [5.74, 6) is 0. The van der Waals surface area contributed by atoms with Crippen molar-refractivity contribution in [3.63, 3.8) is 0 Å². The number of hydrogen-bond donors (Lipinski definition) is 1. The van der Waals surface area contributed by atoms with Crippen LogP contribution in [0.4, 0.5) is 5.69 Å². The number of nitrogens with zero attached hydrogens (tertiary/aromatic N) is 1. The number of hydrogen-bond acceptors (Lipinski definition) is 2. The summed E-state index contributed by atoms with van der Waals surface area (Å²) >= 11 is 2.30. The monoisotopic (exact) mass is 310 g/mol. The van der Waals surface area contributed by atoms with Crippen LogP contribution < -0.4 is 5.32 Å². The number of aromatic nitrogens is 1. The molecule has 0 atom stereocenters. The standard InChI is InChI=1S/C12H11IN2/c13-11-1-3-12(4-2-11)15-9-10-5-7-14-8-6-10/h1-8,15H,9H2. The summed E-state index contributed by atoms with van der Waals surface area (Å²) in [7, 11) is 0. The molecule has 0 bridgehead atoms. The highest BCUT2D eigenvalue weighted by Crippen LogP contribution is 2.12. The zero-order chi connectivity index (χ0) is 10.5. The second-order valence-corrected chi connectivity index (χ2v) is 4.46. The number of anilines is 1. The Morgan fingerprint density at radius 1 is 1.00 bits per heavy atom. The van der Waals surface area contributed by atoms with Crippen LogP contribution in [0.5, 0.6) is 0 Å². The van der Waals surface area contributed by atoms with Crippen LogP contribution in [-0.4, -0.2) is 4.98 Å². The van der Waals surface area contributed by atoms with Gasteiger partial charge in [-0.25, -0.2) is 0 Å². The molecule has 0 fully saturated rings. The number of nitrogens with one attached hydrogen (secondary N) is 1. The second-order valence-electron chi connectivity index (χ2n) is 3.22. The minimum atomic E-state index is 0.836. The molecule has 0 unspecified atom stereocenters. The first kappa shape index (κ1) is 10.4. The molecule has 3 heteroatoms. The van der Waals surface area contributed by atoms with Crippen molar-refractivity contribution in [2.75, 3.05) is 5.32 Å². The highest BCUT2D eigenvalue weighted by atomic mass is 127. The third-order valence-electron chi connectivity index (χ3n) is 2.09. The molecule has 1 heterocycles. The molecule has 0 aliphatic rings. The molecule has 2 rings (SSSR count). The maximum atomic E-state index is 3.98. The van der Waals surface area contributed by atoms with E-state index in [1.807, 2.05) is 24.5 Å². The molecule has 0 aliphatic carbocycles.